The van der Waals surface area contributed by atoms with Gasteiger partial charge in [-0.3, -0.25) is 0 Å². The number of aldehydes is 1. The number of carbonyl (C=O) groups is 1. The molecule has 21 heavy (non-hydrogen) atoms. The molecule has 0 bridgehead atoms. The molecule has 0 spiro atoms. The highest BCUT2D eigenvalue weighted by Crippen LogP contribution is 2.38. The van der Waals surface area contributed by atoms with Crippen LogP contribution in [-0.4, -0.2) is 6.29 Å². The van der Waals surface area contributed by atoms with Gasteiger partial charge in [-0.2, -0.15) is 0 Å². The molecule has 108 valence electrons. The van der Waals surface area contributed by atoms with Gasteiger partial charge in [0.25, 0.3) is 0 Å². The Morgan fingerprint density at radius 1 is 1.10 bits per heavy atom. The number of hydrogen-bond acceptors (Lipinski definition) is 2. The van der Waals surface area contributed by atoms with Crippen LogP contribution in [-0.2, 0) is 16.8 Å². The highest BCUT2D eigenvalue weighted by Gasteiger charge is 2.26. The molecule has 1 heterocycles. The maximum Gasteiger partial charge on any atom is 0.132 e. The molecule has 0 saturated carbocycles. The van der Waals surface area contributed by atoms with Crippen LogP contribution in [0, 0.1) is 0 Å². The van der Waals surface area contributed by atoms with Gasteiger partial charge in [0.15, 0.2) is 0 Å². The van der Waals surface area contributed by atoms with E-state index < -0.39 is 0 Å². The maximum absolute atomic E-state index is 11.7. The molecule has 0 saturated heterocycles. The zero-order chi connectivity index (χ0) is 15.0. The number of rotatable bonds is 1. The van der Waals surface area contributed by atoms with Crippen LogP contribution in [0.1, 0.15) is 48.9 Å². The fraction of sp³-hybridized carbons (Fsp3) is 0.316. The molecule has 0 unspecified atom stereocenters. The first kappa shape index (κ1) is 13.9. The molecule has 1 aliphatic heterocycles. The highest BCUT2D eigenvalue weighted by molar-refractivity contribution is 5.72. The molecule has 0 N–H and O–H groups in total. The summed E-state index contributed by atoms with van der Waals surface area (Å²) in [6.45, 7) is 7.05. The van der Waals surface area contributed by atoms with Crippen LogP contribution in [0.15, 0.2) is 42.5 Å². The van der Waals surface area contributed by atoms with E-state index in [2.05, 4.69) is 32.9 Å². The van der Waals surface area contributed by atoms with E-state index in [1.54, 1.807) is 0 Å². The molecule has 0 aromatic heterocycles. The summed E-state index contributed by atoms with van der Waals surface area (Å²) < 4.78 is 5.92. The summed E-state index contributed by atoms with van der Waals surface area (Å²) in [4.78, 5) is 11.7. The van der Waals surface area contributed by atoms with Gasteiger partial charge >= 0.3 is 0 Å². The second-order valence-corrected chi connectivity index (χ2v) is 6.60. The summed E-state index contributed by atoms with van der Waals surface area (Å²) in [6.07, 6.45) is 1.03. The second kappa shape index (κ2) is 5.03. The average Bonchev–Trinajstić information content (AvgIpc) is 2.62. The second-order valence-electron chi connectivity index (χ2n) is 6.60. The van der Waals surface area contributed by atoms with Crippen LogP contribution < -0.4 is 4.74 Å². The van der Waals surface area contributed by atoms with Crippen molar-refractivity contribution in [3.8, 4) is 5.75 Å². The molecule has 2 aromatic rings. The van der Waals surface area contributed by atoms with Crippen LogP contribution in [0.3, 0.4) is 0 Å². The van der Waals surface area contributed by atoms with Crippen molar-refractivity contribution < 1.29 is 9.53 Å². The van der Waals surface area contributed by atoms with Gasteiger partial charge in [0.2, 0.25) is 0 Å². The molecular weight excluding hydrogens is 260 g/mol. The molecule has 2 heteroatoms. The van der Waals surface area contributed by atoms with E-state index in [0.717, 1.165) is 28.7 Å². The zero-order valence-corrected chi connectivity index (χ0v) is 12.7. The predicted octanol–water partition coefficient (Wildman–Crippen LogP) is 4.21. The Morgan fingerprint density at radius 2 is 1.86 bits per heavy atom. The fourth-order valence-electron chi connectivity index (χ4n) is 2.83. The number of fused-ring (bicyclic) bond motifs is 2. The van der Waals surface area contributed by atoms with Gasteiger partial charge in [0.05, 0.1) is 5.92 Å². The molecule has 0 radical (unpaired) electrons. The summed E-state index contributed by atoms with van der Waals surface area (Å²) >= 11 is 0. The van der Waals surface area contributed by atoms with E-state index in [-0.39, 0.29) is 11.3 Å². The minimum absolute atomic E-state index is 0.0499. The number of ether oxygens (including phenoxy) is 1. The molecule has 2 aromatic carbocycles. The van der Waals surface area contributed by atoms with Gasteiger partial charge in [0, 0.05) is 5.56 Å². The largest absolute Gasteiger partial charge is 0.489 e. The first-order valence-electron chi connectivity index (χ1n) is 7.31. The average molecular weight is 280 g/mol. The van der Waals surface area contributed by atoms with Gasteiger partial charge in [-0.15, -0.1) is 0 Å². The van der Waals surface area contributed by atoms with Crippen LogP contribution in [0.4, 0.5) is 0 Å². The van der Waals surface area contributed by atoms with Gasteiger partial charge < -0.3 is 9.53 Å². The van der Waals surface area contributed by atoms with Gasteiger partial charge in [-0.05, 0) is 28.2 Å². The molecule has 3 rings (SSSR count). The van der Waals surface area contributed by atoms with Crippen LogP contribution >= 0.6 is 0 Å². The maximum atomic E-state index is 11.7. The quantitative estimate of drug-likeness (QED) is 0.731. The minimum Gasteiger partial charge on any atom is -0.489 e. The monoisotopic (exact) mass is 280 g/mol. The molecule has 1 aliphatic rings. The Morgan fingerprint density at radius 3 is 2.57 bits per heavy atom. The van der Waals surface area contributed by atoms with Crippen molar-refractivity contribution in [2.75, 3.05) is 0 Å². The fourth-order valence-corrected chi connectivity index (χ4v) is 2.83. The summed E-state index contributed by atoms with van der Waals surface area (Å²) in [7, 11) is 0. The van der Waals surface area contributed by atoms with Crippen molar-refractivity contribution in [1.29, 1.82) is 0 Å². The summed E-state index contributed by atoms with van der Waals surface area (Å²) in [5.41, 5.74) is 4.38. The van der Waals surface area contributed by atoms with Crippen molar-refractivity contribution in [3.63, 3.8) is 0 Å². The lowest BCUT2D eigenvalue weighted by Gasteiger charge is -2.22. The number of benzene rings is 2. The van der Waals surface area contributed by atoms with Crippen molar-refractivity contribution >= 4 is 6.29 Å². The van der Waals surface area contributed by atoms with E-state index in [0.29, 0.717) is 6.61 Å². The van der Waals surface area contributed by atoms with Crippen LogP contribution in [0.25, 0.3) is 0 Å². The smallest absolute Gasteiger partial charge is 0.132 e. The Balaban J connectivity index is 2.19. The Kier molecular flexibility index (Phi) is 3.32. The van der Waals surface area contributed by atoms with Crippen molar-refractivity contribution in [2.24, 2.45) is 0 Å². The standard InChI is InChI=1S/C19H20O2/c1-19(2,3)14-8-9-18-16(10-14)17(11-20)15-7-5-4-6-13(15)12-21-18/h4-11,17H,12H2,1-3H3/t17-/m0/s1. The van der Waals surface area contributed by atoms with Crippen LogP contribution in [0.2, 0.25) is 0 Å². The van der Waals surface area contributed by atoms with Crippen LogP contribution in [0.5, 0.6) is 5.75 Å². The third kappa shape index (κ3) is 2.46. The van der Waals surface area contributed by atoms with Gasteiger partial charge in [0.1, 0.15) is 18.6 Å². The third-order valence-corrected chi connectivity index (χ3v) is 4.12. The SMILES string of the molecule is CC(C)(C)c1ccc2c(c1)[C@@H](C=O)c1ccccc1CO2. The lowest BCUT2D eigenvalue weighted by atomic mass is 9.82. The predicted molar refractivity (Wildman–Crippen MR) is 83.8 cm³/mol. The number of hydrogen-bond donors (Lipinski definition) is 0. The lowest BCUT2D eigenvalue weighted by Crippen LogP contribution is -2.12. The molecule has 0 aliphatic carbocycles. The third-order valence-electron chi connectivity index (χ3n) is 4.12. The van der Waals surface area contributed by atoms with E-state index in [4.69, 9.17) is 4.74 Å². The zero-order valence-electron chi connectivity index (χ0n) is 12.7. The first-order valence-corrected chi connectivity index (χ1v) is 7.31. The minimum atomic E-state index is -0.249. The summed E-state index contributed by atoms with van der Waals surface area (Å²) in [6, 6.07) is 14.2. The molecular formula is C19H20O2. The summed E-state index contributed by atoms with van der Waals surface area (Å²) in [5, 5.41) is 0. The first-order chi connectivity index (χ1) is 10.0. The van der Waals surface area contributed by atoms with Crippen molar-refractivity contribution in [3.05, 3.63) is 64.7 Å². The van der Waals surface area contributed by atoms with E-state index in [9.17, 15) is 4.79 Å². The van der Waals surface area contributed by atoms with Gasteiger partial charge in [-0.25, -0.2) is 0 Å². The normalized spacial score (nSPS) is 17.2. The van der Waals surface area contributed by atoms with E-state index >= 15 is 0 Å². The Labute approximate surface area is 125 Å². The molecule has 2 nitrogen and oxygen atoms in total. The summed E-state index contributed by atoms with van der Waals surface area (Å²) in [5.74, 6) is 0.567. The Hall–Kier alpha value is -2.09. The van der Waals surface area contributed by atoms with E-state index in [1.165, 1.54) is 5.56 Å². The topological polar surface area (TPSA) is 26.3 Å². The molecule has 0 fully saturated rings. The molecule has 0 amide bonds. The lowest BCUT2D eigenvalue weighted by molar-refractivity contribution is -0.108. The van der Waals surface area contributed by atoms with Gasteiger partial charge in [-0.1, -0.05) is 57.2 Å². The number of carbonyl (C=O) groups excluding carboxylic acids is 1. The Bertz CT molecular complexity index is 680. The van der Waals surface area contributed by atoms with E-state index in [1.807, 2.05) is 30.3 Å². The van der Waals surface area contributed by atoms with Crippen molar-refractivity contribution in [1.82, 2.24) is 0 Å². The molecule has 1 atom stereocenters. The highest BCUT2D eigenvalue weighted by atomic mass is 16.5. The van der Waals surface area contributed by atoms with Crippen molar-refractivity contribution in [2.45, 2.75) is 38.7 Å².